The Balaban J connectivity index is 2.29. The number of hydrogen-bond acceptors (Lipinski definition) is 3. The molecule has 0 N–H and O–H groups in total. The van der Waals surface area contributed by atoms with E-state index >= 15 is 0 Å². The second-order valence-corrected chi connectivity index (χ2v) is 3.78. The highest BCUT2D eigenvalue weighted by Crippen LogP contribution is 2.41. The second kappa shape index (κ2) is 4.40. The first-order valence-corrected chi connectivity index (χ1v) is 5.42. The first-order chi connectivity index (χ1) is 7.76. The molecule has 1 aliphatic rings. The van der Waals surface area contributed by atoms with E-state index in [1.807, 2.05) is 4.68 Å². The Bertz CT molecular complexity index is 461. The van der Waals surface area contributed by atoms with Crippen LogP contribution in [0.4, 0.5) is 0 Å². The average molecular weight is 218 g/mol. The summed E-state index contributed by atoms with van der Waals surface area (Å²) in [5.74, 6) is 5.34. The van der Waals surface area contributed by atoms with Crippen molar-refractivity contribution in [2.75, 3.05) is 7.11 Å². The van der Waals surface area contributed by atoms with Crippen molar-refractivity contribution < 1.29 is 9.53 Å². The van der Waals surface area contributed by atoms with Crippen LogP contribution in [0.5, 0.6) is 0 Å². The van der Waals surface area contributed by atoms with Crippen LogP contribution in [0.25, 0.3) is 0 Å². The fourth-order valence-electron chi connectivity index (χ4n) is 1.70. The molecule has 0 unspecified atom stereocenters. The fraction of sp³-hybridized carbons (Fsp3) is 0.500. The van der Waals surface area contributed by atoms with Gasteiger partial charge in [0.05, 0.1) is 24.6 Å². The molecular formula is C12H14N2O2. The van der Waals surface area contributed by atoms with Crippen molar-refractivity contribution in [3.63, 3.8) is 0 Å². The van der Waals surface area contributed by atoms with Crippen molar-refractivity contribution in [1.29, 1.82) is 0 Å². The van der Waals surface area contributed by atoms with Crippen LogP contribution in [-0.2, 0) is 16.1 Å². The van der Waals surface area contributed by atoms with Gasteiger partial charge >= 0.3 is 5.97 Å². The number of rotatable bonds is 2. The first kappa shape index (κ1) is 10.7. The highest BCUT2D eigenvalue weighted by Gasteiger charge is 2.29. The fourth-order valence-corrected chi connectivity index (χ4v) is 1.70. The van der Waals surface area contributed by atoms with E-state index in [0.717, 1.165) is 12.1 Å². The van der Waals surface area contributed by atoms with Crippen molar-refractivity contribution in [2.24, 2.45) is 0 Å². The molecule has 1 aromatic heterocycles. The Kier molecular flexibility index (Phi) is 2.95. The SMILES string of the molecule is CCn1ncc(C#CC(=O)OC)c1C1CC1. The molecular weight excluding hydrogens is 204 g/mol. The van der Waals surface area contributed by atoms with Crippen LogP contribution in [-0.4, -0.2) is 22.9 Å². The van der Waals surface area contributed by atoms with E-state index in [9.17, 15) is 4.79 Å². The molecule has 4 nitrogen and oxygen atoms in total. The summed E-state index contributed by atoms with van der Waals surface area (Å²) in [4.78, 5) is 10.9. The van der Waals surface area contributed by atoms with E-state index in [-0.39, 0.29) is 0 Å². The average Bonchev–Trinajstić information content (AvgIpc) is 3.06. The lowest BCUT2D eigenvalue weighted by Gasteiger charge is -2.02. The number of methoxy groups -OCH3 is 1. The summed E-state index contributed by atoms with van der Waals surface area (Å²) in [5, 5.41) is 4.26. The van der Waals surface area contributed by atoms with Crippen LogP contribution < -0.4 is 0 Å². The van der Waals surface area contributed by atoms with Gasteiger partial charge in [0.25, 0.3) is 0 Å². The predicted molar refractivity (Wildman–Crippen MR) is 58.8 cm³/mol. The summed E-state index contributed by atoms with van der Waals surface area (Å²) >= 11 is 0. The Morgan fingerprint density at radius 1 is 1.69 bits per heavy atom. The third kappa shape index (κ3) is 2.08. The van der Waals surface area contributed by atoms with Gasteiger partial charge in [0.2, 0.25) is 0 Å². The van der Waals surface area contributed by atoms with Crippen LogP contribution in [0.15, 0.2) is 6.20 Å². The summed E-state index contributed by atoms with van der Waals surface area (Å²) in [5.41, 5.74) is 2.02. The molecule has 16 heavy (non-hydrogen) atoms. The molecule has 1 aliphatic carbocycles. The molecule has 0 aromatic carbocycles. The zero-order valence-corrected chi connectivity index (χ0v) is 9.49. The van der Waals surface area contributed by atoms with Gasteiger partial charge in [0.1, 0.15) is 0 Å². The number of esters is 1. The number of hydrogen-bond donors (Lipinski definition) is 0. The van der Waals surface area contributed by atoms with Crippen molar-refractivity contribution in [3.8, 4) is 11.8 Å². The smallest absolute Gasteiger partial charge is 0.384 e. The maximum atomic E-state index is 10.9. The zero-order valence-electron chi connectivity index (χ0n) is 9.49. The maximum Gasteiger partial charge on any atom is 0.384 e. The molecule has 1 fully saturated rings. The molecule has 0 radical (unpaired) electrons. The van der Waals surface area contributed by atoms with Gasteiger partial charge in [-0.25, -0.2) is 4.79 Å². The third-order valence-corrected chi connectivity index (χ3v) is 2.63. The minimum Gasteiger partial charge on any atom is -0.459 e. The van der Waals surface area contributed by atoms with Gasteiger partial charge in [0, 0.05) is 18.4 Å². The quantitative estimate of drug-likeness (QED) is 0.555. The summed E-state index contributed by atoms with van der Waals surface area (Å²) < 4.78 is 6.44. The van der Waals surface area contributed by atoms with Gasteiger partial charge in [-0.05, 0) is 19.8 Å². The lowest BCUT2D eigenvalue weighted by atomic mass is 10.2. The van der Waals surface area contributed by atoms with Gasteiger partial charge in [-0.15, -0.1) is 0 Å². The van der Waals surface area contributed by atoms with E-state index in [0.29, 0.717) is 5.92 Å². The number of ether oxygens (including phenoxy) is 1. The van der Waals surface area contributed by atoms with Gasteiger partial charge in [-0.1, -0.05) is 5.92 Å². The lowest BCUT2D eigenvalue weighted by molar-refractivity contribution is -0.133. The maximum absolute atomic E-state index is 10.9. The highest BCUT2D eigenvalue weighted by molar-refractivity contribution is 5.89. The number of carbonyl (C=O) groups excluding carboxylic acids is 1. The van der Waals surface area contributed by atoms with E-state index in [2.05, 4.69) is 28.6 Å². The van der Waals surface area contributed by atoms with Crippen LogP contribution >= 0.6 is 0 Å². The van der Waals surface area contributed by atoms with Gasteiger partial charge < -0.3 is 4.74 Å². The molecule has 2 rings (SSSR count). The van der Waals surface area contributed by atoms with Crippen LogP contribution in [0.2, 0.25) is 0 Å². The highest BCUT2D eigenvalue weighted by atomic mass is 16.5. The van der Waals surface area contributed by atoms with E-state index < -0.39 is 5.97 Å². The van der Waals surface area contributed by atoms with Crippen molar-refractivity contribution in [1.82, 2.24) is 9.78 Å². The molecule has 0 atom stereocenters. The first-order valence-electron chi connectivity index (χ1n) is 5.42. The molecule has 0 spiro atoms. The van der Waals surface area contributed by atoms with Crippen molar-refractivity contribution >= 4 is 5.97 Å². The van der Waals surface area contributed by atoms with Crippen LogP contribution in [0.3, 0.4) is 0 Å². The number of nitrogens with zero attached hydrogens (tertiary/aromatic N) is 2. The lowest BCUT2D eigenvalue weighted by Crippen LogP contribution is -2.02. The van der Waals surface area contributed by atoms with Gasteiger partial charge in [-0.2, -0.15) is 5.10 Å². The monoisotopic (exact) mass is 218 g/mol. The van der Waals surface area contributed by atoms with E-state index in [4.69, 9.17) is 0 Å². The minimum atomic E-state index is -0.508. The zero-order chi connectivity index (χ0) is 11.5. The summed E-state index contributed by atoms with van der Waals surface area (Å²) in [6.07, 6.45) is 4.12. The third-order valence-electron chi connectivity index (χ3n) is 2.63. The van der Waals surface area contributed by atoms with Crippen LogP contribution in [0.1, 0.15) is 36.9 Å². The minimum absolute atomic E-state index is 0.508. The molecule has 84 valence electrons. The normalized spacial score (nSPS) is 14.1. The molecule has 1 aromatic rings. The molecule has 4 heteroatoms. The largest absolute Gasteiger partial charge is 0.459 e. The topological polar surface area (TPSA) is 44.1 Å². The second-order valence-electron chi connectivity index (χ2n) is 3.78. The number of carbonyl (C=O) groups is 1. The van der Waals surface area contributed by atoms with Crippen molar-refractivity contribution in [2.45, 2.75) is 32.2 Å². The Labute approximate surface area is 94.6 Å². The standard InChI is InChI=1S/C12H14N2O2/c1-3-14-12(9-4-5-9)10(8-13-14)6-7-11(15)16-2/h8-9H,3-5H2,1-2H3. The Morgan fingerprint density at radius 3 is 3.00 bits per heavy atom. The number of aryl methyl sites for hydroxylation is 1. The Morgan fingerprint density at radius 2 is 2.44 bits per heavy atom. The van der Waals surface area contributed by atoms with E-state index in [1.165, 1.54) is 25.6 Å². The molecule has 0 amide bonds. The number of aromatic nitrogens is 2. The molecule has 1 saturated carbocycles. The van der Waals surface area contributed by atoms with Crippen LogP contribution in [0, 0.1) is 11.8 Å². The summed E-state index contributed by atoms with van der Waals surface area (Å²) in [6.45, 7) is 2.89. The van der Waals surface area contributed by atoms with E-state index in [1.54, 1.807) is 6.20 Å². The molecule has 0 bridgehead atoms. The predicted octanol–water partition coefficient (Wildman–Crippen LogP) is 1.30. The summed E-state index contributed by atoms with van der Waals surface area (Å²) in [7, 11) is 1.33. The van der Waals surface area contributed by atoms with Crippen molar-refractivity contribution in [3.05, 3.63) is 17.5 Å². The molecule has 0 aliphatic heterocycles. The van der Waals surface area contributed by atoms with Gasteiger partial charge in [0.15, 0.2) is 0 Å². The molecule has 1 heterocycles. The molecule has 0 saturated heterocycles. The Hall–Kier alpha value is -1.76. The summed E-state index contributed by atoms with van der Waals surface area (Å²) in [6, 6.07) is 0. The van der Waals surface area contributed by atoms with Gasteiger partial charge in [-0.3, -0.25) is 4.68 Å².